The lowest BCUT2D eigenvalue weighted by molar-refractivity contribution is 0.591. The summed E-state index contributed by atoms with van der Waals surface area (Å²) in [6.45, 7) is 4.37. The van der Waals surface area contributed by atoms with Crippen molar-refractivity contribution in [3.8, 4) is 0 Å². The van der Waals surface area contributed by atoms with E-state index >= 15 is 0 Å². The molecule has 0 spiro atoms. The van der Waals surface area contributed by atoms with Crippen LogP contribution in [0.5, 0.6) is 0 Å². The third-order valence-electron chi connectivity index (χ3n) is 4.07. The van der Waals surface area contributed by atoms with Gasteiger partial charge in [0.1, 0.15) is 0 Å². The molecule has 0 fully saturated rings. The van der Waals surface area contributed by atoms with Crippen molar-refractivity contribution in [2.45, 2.75) is 39.5 Å². The van der Waals surface area contributed by atoms with Crippen molar-refractivity contribution in [2.75, 3.05) is 0 Å². The van der Waals surface area contributed by atoms with Crippen LogP contribution in [0.2, 0.25) is 0 Å². The van der Waals surface area contributed by atoms with Gasteiger partial charge in [-0.1, -0.05) is 86.5 Å². The minimum atomic E-state index is -2.76. The molecule has 2 rings (SSSR count). The van der Waals surface area contributed by atoms with Crippen LogP contribution in [-0.4, -0.2) is 0 Å². The summed E-state index contributed by atoms with van der Waals surface area (Å²) in [4.78, 5) is 0. The third-order valence-corrected chi connectivity index (χ3v) is 9.79. The van der Waals surface area contributed by atoms with Gasteiger partial charge in [0.25, 0.3) is 0 Å². The highest BCUT2D eigenvalue weighted by Gasteiger charge is 2.32. The molecular formula is C20H24IOP. The van der Waals surface area contributed by atoms with E-state index in [1.54, 1.807) is 0 Å². The number of unbranched alkanes of at least 4 members (excludes halogenated alkanes) is 1. The predicted octanol–water partition coefficient (Wildman–Crippen LogP) is 6.25. The van der Waals surface area contributed by atoms with E-state index in [2.05, 4.69) is 36.4 Å². The molecule has 0 saturated carbocycles. The number of allylic oxidation sites excluding steroid dienone is 1. The van der Waals surface area contributed by atoms with E-state index in [0.717, 1.165) is 39.6 Å². The molecule has 0 radical (unpaired) electrons. The van der Waals surface area contributed by atoms with Crippen LogP contribution in [0.25, 0.3) is 0 Å². The van der Waals surface area contributed by atoms with E-state index in [9.17, 15) is 4.57 Å². The van der Waals surface area contributed by atoms with Gasteiger partial charge in [0.05, 0.1) is 3.32 Å². The summed E-state index contributed by atoms with van der Waals surface area (Å²) in [7, 11) is -2.76. The Balaban J connectivity index is 2.64. The summed E-state index contributed by atoms with van der Waals surface area (Å²) in [5, 5.41) is 1.86. The van der Waals surface area contributed by atoms with Gasteiger partial charge < -0.3 is 4.57 Å². The molecule has 0 bridgehead atoms. The van der Waals surface area contributed by atoms with Gasteiger partial charge in [-0.05, 0) is 41.9 Å². The van der Waals surface area contributed by atoms with Crippen LogP contribution in [0.4, 0.5) is 0 Å². The Kier molecular flexibility index (Phi) is 7.10. The number of halogens is 1. The molecule has 2 aromatic rings. The van der Waals surface area contributed by atoms with Gasteiger partial charge in [-0.2, -0.15) is 0 Å². The van der Waals surface area contributed by atoms with Crippen molar-refractivity contribution >= 4 is 40.3 Å². The van der Waals surface area contributed by atoms with Crippen LogP contribution in [0, 0.1) is 0 Å². The van der Waals surface area contributed by atoms with Gasteiger partial charge in [0.2, 0.25) is 0 Å². The smallest absolute Gasteiger partial charge is 0.176 e. The lowest BCUT2D eigenvalue weighted by atomic mass is 10.1. The highest BCUT2D eigenvalue weighted by Crippen LogP contribution is 2.57. The maximum absolute atomic E-state index is 14.2. The van der Waals surface area contributed by atoms with Crippen molar-refractivity contribution in [3.63, 3.8) is 0 Å². The fraction of sp³-hybridized carbons (Fsp3) is 0.300. The molecule has 0 aliphatic carbocycles. The molecule has 0 saturated heterocycles. The minimum absolute atomic E-state index is 0.929. The quantitative estimate of drug-likeness (QED) is 0.369. The maximum Gasteiger partial charge on any atom is 0.176 e. The first kappa shape index (κ1) is 18.5. The molecule has 0 amide bonds. The lowest BCUT2D eigenvalue weighted by Crippen LogP contribution is -2.16. The van der Waals surface area contributed by atoms with E-state index in [1.807, 2.05) is 60.7 Å². The topological polar surface area (TPSA) is 17.1 Å². The molecule has 0 aromatic heterocycles. The second-order valence-corrected chi connectivity index (χ2v) is 10.3. The summed E-state index contributed by atoms with van der Waals surface area (Å²) in [6, 6.07) is 19.9. The Morgan fingerprint density at radius 1 is 0.913 bits per heavy atom. The lowest BCUT2D eigenvalue weighted by Gasteiger charge is -2.22. The van der Waals surface area contributed by atoms with Crippen LogP contribution in [0.15, 0.2) is 69.6 Å². The first-order valence-corrected chi connectivity index (χ1v) is 11.0. The third kappa shape index (κ3) is 4.16. The van der Waals surface area contributed by atoms with Gasteiger partial charge in [0.15, 0.2) is 7.14 Å². The fourth-order valence-electron chi connectivity index (χ4n) is 2.69. The summed E-state index contributed by atoms with van der Waals surface area (Å²) in [5.74, 6) is 0. The Morgan fingerprint density at radius 2 is 1.39 bits per heavy atom. The van der Waals surface area contributed by atoms with E-state index in [0.29, 0.717) is 0 Å². The molecule has 3 heteroatoms. The number of hydrogen-bond donors (Lipinski definition) is 0. The van der Waals surface area contributed by atoms with Crippen LogP contribution < -0.4 is 10.6 Å². The van der Waals surface area contributed by atoms with Gasteiger partial charge in [0, 0.05) is 10.6 Å². The second kappa shape index (κ2) is 8.84. The highest BCUT2D eigenvalue weighted by molar-refractivity contribution is 14.1. The first-order valence-electron chi connectivity index (χ1n) is 8.24. The average Bonchev–Trinajstić information content (AvgIpc) is 2.63. The maximum atomic E-state index is 14.2. The first-order chi connectivity index (χ1) is 11.1. The van der Waals surface area contributed by atoms with Gasteiger partial charge >= 0.3 is 0 Å². The zero-order valence-electron chi connectivity index (χ0n) is 13.8. The van der Waals surface area contributed by atoms with E-state index < -0.39 is 7.14 Å². The van der Waals surface area contributed by atoms with Crippen molar-refractivity contribution in [1.82, 2.24) is 0 Å². The van der Waals surface area contributed by atoms with Gasteiger partial charge in [-0.3, -0.25) is 0 Å². The Hall–Kier alpha value is -0.860. The van der Waals surface area contributed by atoms with Crippen molar-refractivity contribution in [1.29, 1.82) is 0 Å². The zero-order chi connectivity index (χ0) is 16.7. The normalized spacial score (nSPS) is 12.8. The van der Waals surface area contributed by atoms with Crippen LogP contribution in [0.1, 0.15) is 39.5 Å². The summed E-state index contributed by atoms with van der Waals surface area (Å²) >= 11 is 2.35. The van der Waals surface area contributed by atoms with Gasteiger partial charge in [-0.25, -0.2) is 0 Å². The largest absolute Gasteiger partial charge is 0.308 e. The minimum Gasteiger partial charge on any atom is -0.308 e. The van der Waals surface area contributed by atoms with E-state index in [1.165, 1.54) is 5.57 Å². The van der Waals surface area contributed by atoms with Crippen molar-refractivity contribution in [3.05, 3.63) is 69.6 Å². The van der Waals surface area contributed by atoms with E-state index in [4.69, 9.17) is 0 Å². The Bertz CT molecular complexity index is 649. The highest BCUT2D eigenvalue weighted by atomic mass is 127. The number of hydrogen-bond acceptors (Lipinski definition) is 1. The summed E-state index contributed by atoms with van der Waals surface area (Å²) in [5.41, 5.74) is 1.34. The Morgan fingerprint density at radius 3 is 1.78 bits per heavy atom. The van der Waals surface area contributed by atoms with Crippen LogP contribution in [0.3, 0.4) is 0 Å². The molecule has 1 nitrogen and oxygen atoms in total. The zero-order valence-corrected chi connectivity index (χ0v) is 16.9. The molecule has 23 heavy (non-hydrogen) atoms. The Labute approximate surface area is 153 Å². The molecule has 2 aromatic carbocycles. The number of benzene rings is 2. The van der Waals surface area contributed by atoms with Gasteiger partial charge in [-0.15, -0.1) is 0 Å². The summed E-state index contributed by atoms with van der Waals surface area (Å²) in [6.07, 6.45) is 4.31. The molecule has 0 N–H and O–H groups in total. The molecule has 0 heterocycles. The second-order valence-electron chi connectivity index (χ2n) is 5.63. The molecule has 0 unspecified atom stereocenters. The molecule has 0 aliphatic rings. The average molecular weight is 438 g/mol. The van der Waals surface area contributed by atoms with E-state index in [-0.39, 0.29) is 0 Å². The van der Waals surface area contributed by atoms with Crippen LogP contribution in [-0.2, 0) is 4.57 Å². The monoisotopic (exact) mass is 438 g/mol. The molecule has 0 aliphatic heterocycles. The molecular weight excluding hydrogens is 414 g/mol. The molecule has 122 valence electrons. The molecule has 0 atom stereocenters. The number of rotatable bonds is 7. The SMILES string of the molecule is CCCC/C(CC)=C(\I)P(=O)(c1ccccc1)c1ccccc1. The van der Waals surface area contributed by atoms with Crippen LogP contribution >= 0.6 is 29.7 Å². The predicted molar refractivity (Wildman–Crippen MR) is 111 cm³/mol. The fourth-order valence-corrected chi connectivity index (χ4v) is 7.66. The van der Waals surface area contributed by atoms with Crippen molar-refractivity contribution in [2.24, 2.45) is 0 Å². The summed E-state index contributed by atoms with van der Waals surface area (Å²) < 4.78 is 15.3. The van der Waals surface area contributed by atoms with Crippen molar-refractivity contribution < 1.29 is 4.57 Å². The standard InChI is InChI=1S/C20H24IOP/c1-3-5-12-17(4-2)20(21)23(22,18-13-8-6-9-14-18)19-15-10-7-11-16-19/h6-11,13-16H,3-5,12H2,1-2H3/b20-17+.